The van der Waals surface area contributed by atoms with Gasteiger partial charge >= 0.3 is 0 Å². The summed E-state index contributed by atoms with van der Waals surface area (Å²) in [7, 11) is -4.01. The van der Waals surface area contributed by atoms with E-state index in [1.807, 2.05) is 18.3 Å². The van der Waals surface area contributed by atoms with Gasteiger partial charge in [0.25, 0.3) is 10.1 Å². The van der Waals surface area contributed by atoms with Gasteiger partial charge < -0.3 is 4.98 Å². The van der Waals surface area contributed by atoms with Gasteiger partial charge in [0.1, 0.15) is 0 Å². The van der Waals surface area contributed by atoms with Gasteiger partial charge in [0.05, 0.1) is 5.75 Å². The van der Waals surface area contributed by atoms with Crippen LogP contribution in [0, 0.1) is 0 Å². The summed E-state index contributed by atoms with van der Waals surface area (Å²) in [5, 5.41) is 2.18. The number of para-hydroxylation sites is 1. The van der Waals surface area contributed by atoms with Crippen LogP contribution < -0.4 is 0 Å². The number of hydrogen-bond donors (Lipinski definition) is 2. The normalized spacial score (nSPS) is 13.1. The summed E-state index contributed by atoms with van der Waals surface area (Å²) < 4.78 is 31.5. The number of nitrogens with one attached hydrogen (secondary N) is 1. The van der Waals surface area contributed by atoms with Gasteiger partial charge in [-0.05, 0) is 47.9 Å². The predicted molar refractivity (Wildman–Crippen MR) is 119 cm³/mol. The van der Waals surface area contributed by atoms with Crippen molar-refractivity contribution in [2.24, 2.45) is 0 Å². The van der Waals surface area contributed by atoms with Crippen molar-refractivity contribution < 1.29 is 13.0 Å². The third-order valence-corrected chi connectivity index (χ3v) is 6.71. The van der Waals surface area contributed by atoms with E-state index in [1.54, 1.807) is 23.9 Å². The van der Waals surface area contributed by atoms with Crippen molar-refractivity contribution in [1.29, 1.82) is 0 Å². The highest BCUT2D eigenvalue weighted by Gasteiger charge is 2.22. The van der Waals surface area contributed by atoms with E-state index in [4.69, 9.17) is 27.8 Å². The molecule has 2 N–H and O–H groups in total. The molecule has 4 nitrogen and oxygen atoms in total. The largest absolute Gasteiger partial charge is 0.361 e. The smallest absolute Gasteiger partial charge is 0.264 e. The van der Waals surface area contributed by atoms with Crippen LogP contribution in [0.15, 0.2) is 42.6 Å². The Hall–Kier alpha value is -1.18. The Bertz CT molecular complexity index is 1080. The molecule has 0 amide bonds. The molecule has 0 saturated carbocycles. The van der Waals surface area contributed by atoms with Gasteiger partial charge in [-0.2, -0.15) is 20.2 Å². The lowest BCUT2D eigenvalue weighted by Crippen LogP contribution is -2.08. The maximum Gasteiger partial charge on any atom is 0.264 e. The molecule has 2 aromatic carbocycles. The van der Waals surface area contributed by atoms with E-state index in [2.05, 4.69) is 23.4 Å². The highest BCUT2D eigenvalue weighted by Crippen LogP contribution is 2.39. The number of thioether (sulfide) groups is 1. The molecule has 8 heteroatoms. The SMILES string of the molecule is CSCc1cccc2c(C(CCCS(=O)(=O)O)c3ccc(Cl)cc3Cl)c[nH]c12. The van der Waals surface area contributed by atoms with E-state index in [0.717, 1.165) is 27.8 Å². The minimum Gasteiger partial charge on any atom is -0.361 e. The van der Waals surface area contributed by atoms with Crippen molar-refractivity contribution in [1.82, 2.24) is 4.98 Å². The molecular weight excluding hydrogens is 437 g/mol. The molecule has 28 heavy (non-hydrogen) atoms. The first-order valence-corrected chi connectivity index (χ1v) is 12.5. The Kier molecular flexibility index (Phi) is 6.99. The fraction of sp³-hybridized carbons (Fsp3) is 0.300. The Morgan fingerprint density at radius 3 is 2.64 bits per heavy atom. The van der Waals surface area contributed by atoms with E-state index in [9.17, 15) is 8.42 Å². The zero-order valence-electron chi connectivity index (χ0n) is 15.3. The Balaban J connectivity index is 2.06. The molecule has 1 heterocycles. The standard InChI is InChI=1S/C20H21Cl2NO3S2/c1-27-12-13-4-2-5-17-18(11-23-20(13)17)15(6-3-9-28(24,25)26)16-8-7-14(21)10-19(16)22/h2,4-5,7-8,10-11,15,23H,3,6,9,12H2,1H3,(H,24,25,26). The fourth-order valence-electron chi connectivity index (χ4n) is 3.54. The summed E-state index contributed by atoms with van der Waals surface area (Å²) in [5.41, 5.74) is 4.24. The van der Waals surface area contributed by atoms with Gasteiger partial charge in [-0.1, -0.05) is 47.5 Å². The molecule has 0 spiro atoms. The van der Waals surface area contributed by atoms with Crippen molar-refractivity contribution >= 4 is 56.0 Å². The van der Waals surface area contributed by atoms with Crippen molar-refractivity contribution in [3.05, 3.63) is 69.3 Å². The van der Waals surface area contributed by atoms with Gasteiger partial charge in [-0.25, -0.2) is 0 Å². The second-order valence-corrected chi connectivity index (χ2v) is 9.95. The molecule has 0 fully saturated rings. The number of hydrogen-bond acceptors (Lipinski definition) is 3. The monoisotopic (exact) mass is 457 g/mol. The lowest BCUT2D eigenvalue weighted by Gasteiger charge is -2.19. The lowest BCUT2D eigenvalue weighted by molar-refractivity contribution is 0.479. The average Bonchev–Trinajstić information content (AvgIpc) is 3.04. The molecule has 1 aromatic heterocycles. The lowest BCUT2D eigenvalue weighted by atomic mass is 9.87. The van der Waals surface area contributed by atoms with Gasteiger partial charge in [-0.15, -0.1) is 0 Å². The van der Waals surface area contributed by atoms with E-state index in [-0.39, 0.29) is 11.7 Å². The Labute approximate surface area is 179 Å². The number of benzene rings is 2. The molecule has 0 aliphatic heterocycles. The van der Waals surface area contributed by atoms with Crippen LogP contribution in [0.1, 0.15) is 35.4 Å². The van der Waals surface area contributed by atoms with Crippen LogP contribution >= 0.6 is 35.0 Å². The van der Waals surface area contributed by atoms with Crippen LogP contribution in [0.25, 0.3) is 10.9 Å². The van der Waals surface area contributed by atoms with Crippen LogP contribution in [0.3, 0.4) is 0 Å². The molecular formula is C20H21Cl2NO3S2. The summed E-state index contributed by atoms with van der Waals surface area (Å²) in [5.74, 6) is 0.492. The van der Waals surface area contributed by atoms with Crippen molar-refractivity contribution in [2.75, 3.05) is 12.0 Å². The zero-order chi connectivity index (χ0) is 20.3. The van der Waals surface area contributed by atoms with Crippen LogP contribution in [-0.2, 0) is 15.9 Å². The summed E-state index contributed by atoms with van der Waals surface area (Å²) in [6.07, 6.45) is 4.88. The molecule has 0 saturated heterocycles. The molecule has 3 rings (SSSR count). The average molecular weight is 458 g/mol. The maximum atomic E-state index is 11.2. The fourth-order valence-corrected chi connectivity index (χ4v) is 5.16. The second-order valence-electron chi connectivity index (χ2n) is 6.66. The third kappa shape index (κ3) is 5.05. The molecule has 1 unspecified atom stereocenters. The minimum atomic E-state index is -4.01. The summed E-state index contributed by atoms with van der Waals surface area (Å²) in [4.78, 5) is 3.38. The zero-order valence-corrected chi connectivity index (χ0v) is 18.4. The third-order valence-electron chi connectivity index (χ3n) is 4.74. The van der Waals surface area contributed by atoms with Crippen molar-refractivity contribution in [3.63, 3.8) is 0 Å². The highest BCUT2D eigenvalue weighted by molar-refractivity contribution is 7.97. The van der Waals surface area contributed by atoms with E-state index >= 15 is 0 Å². The molecule has 3 aromatic rings. The van der Waals surface area contributed by atoms with Crippen LogP contribution in [0.5, 0.6) is 0 Å². The second kappa shape index (κ2) is 9.09. The first kappa shape index (κ1) is 21.5. The number of fused-ring (bicyclic) bond motifs is 1. The number of rotatable bonds is 8. The van der Waals surface area contributed by atoms with Crippen LogP contribution in [0.4, 0.5) is 0 Å². The maximum absolute atomic E-state index is 11.2. The Morgan fingerprint density at radius 2 is 1.96 bits per heavy atom. The number of halogens is 2. The predicted octanol–water partition coefficient (Wildman–Crippen LogP) is 6.14. The molecule has 150 valence electrons. The van der Waals surface area contributed by atoms with Gasteiger partial charge in [0.15, 0.2) is 0 Å². The molecule has 1 atom stereocenters. The quantitative estimate of drug-likeness (QED) is 0.398. The summed E-state index contributed by atoms with van der Waals surface area (Å²) in [6, 6.07) is 11.6. The summed E-state index contributed by atoms with van der Waals surface area (Å²) >= 11 is 14.3. The van der Waals surface area contributed by atoms with Crippen molar-refractivity contribution in [3.8, 4) is 0 Å². The number of aromatic nitrogens is 1. The van der Waals surface area contributed by atoms with Crippen molar-refractivity contribution in [2.45, 2.75) is 24.5 Å². The number of H-pyrrole nitrogens is 1. The molecule has 0 aliphatic carbocycles. The first-order chi connectivity index (χ1) is 13.3. The minimum absolute atomic E-state index is 0.121. The topological polar surface area (TPSA) is 70.2 Å². The molecule has 0 aliphatic rings. The highest BCUT2D eigenvalue weighted by atomic mass is 35.5. The summed E-state index contributed by atoms with van der Waals surface area (Å²) in [6.45, 7) is 0. The van der Waals surface area contributed by atoms with Gasteiger partial charge in [-0.3, -0.25) is 4.55 Å². The molecule has 0 bridgehead atoms. The van der Waals surface area contributed by atoms with Gasteiger partial charge in [0, 0.05) is 38.8 Å². The number of aromatic amines is 1. The first-order valence-electron chi connectivity index (χ1n) is 8.78. The van der Waals surface area contributed by atoms with E-state index in [0.29, 0.717) is 22.9 Å². The van der Waals surface area contributed by atoms with Crippen LogP contribution in [0.2, 0.25) is 10.0 Å². The van der Waals surface area contributed by atoms with E-state index < -0.39 is 10.1 Å². The molecule has 0 radical (unpaired) electrons. The Morgan fingerprint density at radius 1 is 1.18 bits per heavy atom. The van der Waals surface area contributed by atoms with E-state index in [1.165, 1.54) is 5.56 Å². The van der Waals surface area contributed by atoms with Crippen LogP contribution in [-0.4, -0.2) is 30.0 Å². The van der Waals surface area contributed by atoms with Gasteiger partial charge in [0.2, 0.25) is 0 Å².